The van der Waals surface area contributed by atoms with Crippen molar-refractivity contribution in [3.8, 4) is 5.75 Å². The summed E-state index contributed by atoms with van der Waals surface area (Å²) in [5.74, 6) is 0.662. The summed E-state index contributed by atoms with van der Waals surface area (Å²) in [7, 11) is 0. The summed E-state index contributed by atoms with van der Waals surface area (Å²) in [5.41, 5.74) is 2.81. The van der Waals surface area contributed by atoms with E-state index in [9.17, 15) is 4.79 Å². The lowest BCUT2D eigenvalue weighted by Gasteiger charge is -2.15. The fourth-order valence-electron chi connectivity index (χ4n) is 3.03. The quantitative estimate of drug-likeness (QED) is 0.247. The first-order valence-corrected chi connectivity index (χ1v) is 11.8. The van der Waals surface area contributed by atoms with Crippen molar-refractivity contribution < 1.29 is 9.53 Å². The van der Waals surface area contributed by atoms with Crippen LogP contribution < -0.4 is 9.64 Å². The van der Waals surface area contributed by atoms with Gasteiger partial charge < -0.3 is 4.74 Å². The number of amides is 1. The minimum atomic E-state index is -0.0983. The second-order valence-corrected chi connectivity index (χ2v) is 9.12. The van der Waals surface area contributed by atoms with E-state index in [0.717, 1.165) is 27.5 Å². The molecule has 6 heteroatoms. The van der Waals surface area contributed by atoms with Gasteiger partial charge in [-0.1, -0.05) is 72.5 Å². The number of hydrogen-bond donors (Lipinski definition) is 0. The van der Waals surface area contributed by atoms with Crippen molar-refractivity contribution in [2.45, 2.75) is 11.5 Å². The van der Waals surface area contributed by atoms with Crippen molar-refractivity contribution in [3.63, 3.8) is 0 Å². The van der Waals surface area contributed by atoms with Gasteiger partial charge in [-0.05, 0) is 53.8 Å². The van der Waals surface area contributed by atoms with E-state index in [1.54, 1.807) is 16.7 Å². The number of thioether (sulfide) groups is 2. The Morgan fingerprint density at radius 1 is 1.03 bits per heavy atom. The Hall–Kier alpha value is -2.54. The molecule has 1 amide bonds. The summed E-state index contributed by atoms with van der Waals surface area (Å²) < 4.78 is 6.44. The highest BCUT2D eigenvalue weighted by Crippen LogP contribution is 2.37. The Morgan fingerprint density at radius 3 is 2.63 bits per heavy atom. The average Bonchev–Trinajstić information content (AvgIpc) is 3.06. The second kappa shape index (κ2) is 9.51. The van der Waals surface area contributed by atoms with E-state index in [0.29, 0.717) is 15.8 Å². The molecule has 1 saturated heterocycles. The van der Waals surface area contributed by atoms with E-state index in [1.807, 2.05) is 91.2 Å². The molecule has 1 aliphatic rings. The minimum Gasteiger partial charge on any atom is -0.489 e. The number of thiocarbonyl (C=S) groups is 1. The van der Waals surface area contributed by atoms with Gasteiger partial charge in [0.25, 0.3) is 5.91 Å². The molecule has 0 aliphatic carbocycles. The third kappa shape index (κ3) is 4.78. The van der Waals surface area contributed by atoms with Gasteiger partial charge in [-0.25, -0.2) is 0 Å². The SMILES string of the molecule is CSc1cccc(N2C(=O)/C(=C\c3cccc(OCc4ccccc4)c3)SC2=S)c1. The molecule has 1 fully saturated rings. The van der Waals surface area contributed by atoms with Crippen LogP contribution in [0, 0.1) is 0 Å². The standard InChI is InChI=1S/C24H19NO2S3/c1-29-21-12-6-10-19(15-21)25-23(26)22(30-24(25)28)14-18-9-5-11-20(13-18)27-16-17-7-3-2-4-8-17/h2-15H,16H2,1H3/b22-14+. The van der Waals surface area contributed by atoms with Gasteiger partial charge in [0.15, 0.2) is 4.32 Å². The molecule has 0 bridgehead atoms. The van der Waals surface area contributed by atoms with Crippen LogP contribution >= 0.6 is 35.7 Å². The first-order valence-electron chi connectivity index (χ1n) is 9.33. The molecule has 0 N–H and O–H groups in total. The molecule has 3 aromatic carbocycles. The number of rotatable bonds is 6. The van der Waals surface area contributed by atoms with E-state index in [-0.39, 0.29) is 5.91 Å². The largest absolute Gasteiger partial charge is 0.489 e. The van der Waals surface area contributed by atoms with Crippen molar-refractivity contribution in [1.82, 2.24) is 0 Å². The van der Waals surface area contributed by atoms with Crippen molar-refractivity contribution in [2.75, 3.05) is 11.2 Å². The van der Waals surface area contributed by atoms with E-state index in [2.05, 4.69) is 0 Å². The summed E-state index contributed by atoms with van der Waals surface area (Å²) >= 11 is 8.45. The molecule has 3 nitrogen and oxygen atoms in total. The number of nitrogens with zero attached hydrogens (tertiary/aromatic N) is 1. The lowest BCUT2D eigenvalue weighted by molar-refractivity contribution is -0.113. The molecular weight excluding hydrogens is 430 g/mol. The van der Waals surface area contributed by atoms with Gasteiger partial charge in [0.05, 0.1) is 10.6 Å². The van der Waals surface area contributed by atoms with Crippen LogP contribution in [0.2, 0.25) is 0 Å². The van der Waals surface area contributed by atoms with Crippen LogP contribution in [0.1, 0.15) is 11.1 Å². The van der Waals surface area contributed by atoms with Crippen LogP contribution in [0.3, 0.4) is 0 Å². The molecule has 0 unspecified atom stereocenters. The van der Waals surface area contributed by atoms with Crippen LogP contribution in [0.5, 0.6) is 5.75 Å². The zero-order valence-electron chi connectivity index (χ0n) is 16.3. The van der Waals surface area contributed by atoms with Gasteiger partial charge in [0, 0.05) is 4.90 Å². The first-order chi connectivity index (χ1) is 14.6. The lowest BCUT2D eigenvalue weighted by Crippen LogP contribution is -2.27. The molecule has 150 valence electrons. The predicted molar refractivity (Wildman–Crippen MR) is 131 cm³/mol. The zero-order chi connectivity index (χ0) is 20.9. The van der Waals surface area contributed by atoms with Crippen molar-refractivity contribution in [3.05, 3.63) is 94.9 Å². The van der Waals surface area contributed by atoms with Crippen molar-refractivity contribution in [1.29, 1.82) is 0 Å². The highest BCUT2D eigenvalue weighted by atomic mass is 32.2. The summed E-state index contributed by atoms with van der Waals surface area (Å²) in [5, 5.41) is 0. The Balaban J connectivity index is 1.52. The topological polar surface area (TPSA) is 29.5 Å². The van der Waals surface area contributed by atoms with E-state index in [4.69, 9.17) is 17.0 Å². The van der Waals surface area contributed by atoms with Crippen LogP contribution in [0.4, 0.5) is 5.69 Å². The number of benzene rings is 3. The molecule has 0 atom stereocenters. The highest BCUT2D eigenvalue weighted by Gasteiger charge is 2.33. The van der Waals surface area contributed by atoms with E-state index in [1.165, 1.54) is 11.8 Å². The molecule has 0 saturated carbocycles. The van der Waals surface area contributed by atoms with Crippen molar-refractivity contribution >= 4 is 57.7 Å². The molecule has 0 radical (unpaired) electrons. The van der Waals surface area contributed by atoms with Crippen LogP contribution in [0.25, 0.3) is 6.08 Å². The summed E-state index contributed by atoms with van der Waals surface area (Å²) in [6, 6.07) is 25.6. The third-order valence-corrected chi connectivity index (χ3v) is 6.54. The summed E-state index contributed by atoms with van der Waals surface area (Å²) in [6.45, 7) is 0.498. The number of hydrogen-bond acceptors (Lipinski definition) is 5. The smallest absolute Gasteiger partial charge is 0.270 e. The maximum absolute atomic E-state index is 13.0. The summed E-state index contributed by atoms with van der Waals surface area (Å²) in [4.78, 5) is 16.3. The molecule has 4 rings (SSSR count). The van der Waals surface area contributed by atoms with E-state index < -0.39 is 0 Å². The molecular formula is C24H19NO2S3. The number of ether oxygens (including phenoxy) is 1. The first kappa shape index (κ1) is 20.7. The molecule has 30 heavy (non-hydrogen) atoms. The highest BCUT2D eigenvalue weighted by molar-refractivity contribution is 8.27. The predicted octanol–water partition coefficient (Wildman–Crippen LogP) is 6.39. The van der Waals surface area contributed by atoms with Gasteiger partial charge >= 0.3 is 0 Å². The van der Waals surface area contributed by atoms with Gasteiger partial charge in [0.2, 0.25) is 0 Å². The Kier molecular flexibility index (Phi) is 6.57. The fourth-order valence-corrected chi connectivity index (χ4v) is 4.78. The molecule has 3 aromatic rings. The molecule has 0 spiro atoms. The van der Waals surface area contributed by atoms with Crippen molar-refractivity contribution in [2.24, 2.45) is 0 Å². The normalized spacial score (nSPS) is 15.1. The number of anilines is 1. The van der Waals surface area contributed by atoms with Crippen LogP contribution in [0.15, 0.2) is 88.7 Å². The van der Waals surface area contributed by atoms with Gasteiger partial charge in [0.1, 0.15) is 12.4 Å². The zero-order valence-corrected chi connectivity index (χ0v) is 18.7. The van der Waals surface area contributed by atoms with E-state index >= 15 is 0 Å². The Morgan fingerprint density at radius 2 is 1.83 bits per heavy atom. The second-order valence-electron chi connectivity index (χ2n) is 6.57. The Labute approximate surface area is 190 Å². The third-order valence-electron chi connectivity index (χ3n) is 4.51. The average molecular weight is 450 g/mol. The van der Waals surface area contributed by atoms with Gasteiger partial charge in [-0.15, -0.1) is 11.8 Å². The van der Waals surface area contributed by atoms with Crippen LogP contribution in [-0.4, -0.2) is 16.5 Å². The maximum atomic E-state index is 13.0. The minimum absolute atomic E-state index is 0.0983. The van der Waals surface area contributed by atoms with Crippen LogP contribution in [-0.2, 0) is 11.4 Å². The maximum Gasteiger partial charge on any atom is 0.270 e. The molecule has 0 aromatic heterocycles. The molecule has 1 heterocycles. The van der Waals surface area contributed by atoms with Gasteiger partial charge in [-0.2, -0.15) is 0 Å². The lowest BCUT2D eigenvalue weighted by atomic mass is 10.2. The molecule has 1 aliphatic heterocycles. The monoisotopic (exact) mass is 449 g/mol. The Bertz CT molecular complexity index is 1110. The number of carbonyl (C=O) groups excluding carboxylic acids is 1. The summed E-state index contributed by atoms with van der Waals surface area (Å²) in [6.07, 6.45) is 3.88. The number of carbonyl (C=O) groups is 1. The fraction of sp³-hybridized carbons (Fsp3) is 0.0833. The van der Waals surface area contributed by atoms with Gasteiger partial charge in [-0.3, -0.25) is 9.69 Å².